The van der Waals surface area contributed by atoms with Crippen molar-refractivity contribution in [3.8, 4) is 0 Å². The van der Waals surface area contributed by atoms with Gasteiger partial charge in [-0.3, -0.25) is 4.99 Å². The Bertz CT molecular complexity index is 269. The average Bonchev–Trinajstić information content (AvgIpc) is 2.65. The molecule has 0 bridgehead atoms. The number of thioether (sulfide) groups is 1. The molecular weight excluding hydrogens is 220 g/mol. The van der Waals surface area contributed by atoms with Crippen LogP contribution in [0.3, 0.4) is 0 Å². The molecule has 2 rings (SSSR count). The summed E-state index contributed by atoms with van der Waals surface area (Å²) in [6, 6.07) is 0. The Morgan fingerprint density at radius 2 is 2.31 bits per heavy atom. The van der Waals surface area contributed by atoms with Crippen LogP contribution in [-0.4, -0.2) is 36.2 Å². The Hall–Kier alpha value is -0.220. The van der Waals surface area contributed by atoms with Crippen LogP contribution in [0, 0.1) is 5.92 Å². The molecule has 1 fully saturated rings. The minimum Gasteiger partial charge on any atom is -0.376 e. The summed E-state index contributed by atoms with van der Waals surface area (Å²) < 4.78 is 5.58. The van der Waals surface area contributed by atoms with Gasteiger partial charge in [-0.25, -0.2) is 0 Å². The van der Waals surface area contributed by atoms with Crippen LogP contribution in [0.15, 0.2) is 4.99 Å². The predicted octanol–water partition coefficient (Wildman–Crippen LogP) is 2.27. The Morgan fingerprint density at radius 1 is 1.56 bits per heavy atom. The Labute approximate surface area is 102 Å². The van der Waals surface area contributed by atoms with Crippen molar-refractivity contribution in [1.82, 2.24) is 5.32 Å². The Morgan fingerprint density at radius 3 is 2.75 bits per heavy atom. The van der Waals surface area contributed by atoms with Gasteiger partial charge in [-0.05, 0) is 25.2 Å². The molecule has 0 saturated heterocycles. The molecule has 1 N–H and O–H groups in total. The van der Waals surface area contributed by atoms with Gasteiger partial charge < -0.3 is 10.1 Å². The molecule has 2 aliphatic rings. The second-order valence-corrected chi connectivity index (χ2v) is 6.37. The number of hydrogen-bond donors (Lipinski definition) is 1. The summed E-state index contributed by atoms with van der Waals surface area (Å²) in [5, 5.41) is 5.22. The van der Waals surface area contributed by atoms with E-state index in [9.17, 15) is 0 Å². The molecule has 4 heteroatoms. The maximum absolute atomic E-state index is 5.58. The van der Waals surface area contributed by atoms with Crippen molar-refractivity contribution in [1.29, 1.82) is 0 Å². The zero-order chi connectivity index (χ0) is 11.6. The first-order valence-electron chi connectivity index (χ1n) is 6.15. The second kappa shape index (κ2) is 4.96. The molecular formula is C12H22N2OS. The standard InChI is InChI=1S/C12H22N2OS/c1-9(2)10-7-13-11(16-10)14-8-12(15-3)5-4-6-12/h9-10H,4-8H2,1-3H3,(H,13,14). The SMILES string of the molecule is COC1(CNC2=NCC(C(C)C)S2)CCC1. The molecule has 1 aliphatic carbocycles. The van der Waals surface area contributed by atoms with Gasteiger partial charge in [-0.15, -0.1) is 0 Å². The zero-order valence-electron chi connectivity index (χ0n) is 10.5. The number of methoxy groups -OCH3 is 1. The van der Waals surface area contributed by atoms with Crippen LogP contribution >= 0.6 is 11.8 Å². The van der Waals surface area contributed by atoms with E-state index in [1.165, 1.54) is 19.3 Å². The molecule has 92 valence electrons. The summed E-state index contributed by atoms with van der Waals surface area (Å²) in [6.07, 6.45) is 3.66. The lowest BCUT2D eigenvalue weighted by Gasteiger charge is -2.40. The van der Waals surface area contributed by atoms with Crippen molar-refractivity contribution in [2.75, 3.05) is 20.2 Å². The molecule has 1 aliphatic heterocycles. The Balaban J connectivity index is 1.75. The minimum atomic E-state index is 0.0962. The van der Waals surface area contributed by atoms with Crippen LogP contribution in [0.4, 0.5) is 0 Å². The van der Waals surface area contributed by atoms with Crippen LogP contribution in [0.1, 0.15) is 33.1 Å². The topological polar surface area (TPSA) is 33.6 Å². The zero-order valence-corrected chi connectivity index (χ0v) is 11.3. The third-order valence-electron chi connectivity index (χ3n) is 3.68. The van der Waals surface area contributed by atoms with E-state index in [1.807, 2.05) is 18.9 Å². The number of ether oxygens (including phenoxy) is 1. The van der Waals surface area contributed by atoms with Crippen molar-refractivity contribution in [3.63, 3.8) is 0 Å². The molecule has 0 aromatic rings. The van der Waals surface area contributed by atoms with Gasteiger partial charge in [0.05, 0.1) is 12.1 Å². The summed E-state index contributed by atoms with van der Waals surface area (Å²) in [5.74, 6) is 0.702. The molecule has 1 atom stereocenters. The van der Waals surface area contributed by atoms with Gasteiger partial charge in [0.1, 0.15) is 0 Å². The van der Waals surface area contributed by atoms with Crippen LogP contribution < -0.4 is 5.32 Å². The highest BCUT2D eigenvalue weighted by molar-refractivity contribution is 8.14. The number of aliphatic imine (C=N–C) groups is 1. The maximum atomic E-state index is 5.58. The molecule has 16 heavy (non-hydrogen) atoms. The van der Waals surface area contributed by atoms with Crippen LogP contribution in [-0.2, 0) is 4.74 Å². The fourth-order valence-corrected chi connectivity index (χ4v) is 3.11. The molecule has 0 radical (unpaired) electrons. The first-order chi connectivity index (χ1) is 7.65. The van der Waals surface area contributed by atoms with Crippen molar-refractivity contribution >= 4 is 16.9 Å². The van der Waals surface area contributed by atoms with E-state index in [-0.39, 0.29) is 5.60 Å². The van der Waals surface area contributed by atoms with Crippen molar-refractivity contribution < 1.29 is 4.74 Å². The number of amidine groups is 1. The van der Waals surface area contributed by atoms with Crippen LogP contribution in [0.5, 0.6) is 0 Å². The average molecular weight is 242 g/mol. The number of rotatable bonds is 4. The maximum Gasteiger partial charge on any atom is 0.157 e. The van der Waals surface area contributed by atoms with E-state index >= 15 is 0 Å². The first-order valence-corrected chi connectivity index (χ1v) is 7.03. The lowest BCUT2D eigenvalue weighted by molar-refractivity contribution is -0.0663. The van der Waals surface area contributed by atoms with Crippen molar-refractivity contribution in [3.05, 3.63) is 0 Å². The van der Waals surface area contributed by atoms with Gasteiger partial charge in [0.2, 0.25) is 0 Å². The lowest BCUT2D eigenvalue weighted by Crippen LogP contribution is -2.48. The molecule has 1 unspecified atom stereocenters. The second-order valence-electron chi connectivity index (χ2n) is 5.14. The fourth-order valence-electron chi connectivity index (χ4n) is 2.10. The van der Waals surface area contributed by atoms with Gasteiger partial charge in [0.15, 0.2) is 5.17 Å². The third-order valence-corrected chi connectivity index (χ3v) is 5.17. The lowest BCUT2D eigenvalue weighted by atomic mass is 9.80. The van der Waals surface area contributed by atoms with Gasteiger partial charge in [0, 0.05) is 18.9 Å². The fraction of sp³-hybridized carbons (Fsp3) is 0.917. The molecule has 3 nitrogen and oxygen atoms in total. The largest absolute Gasteiger partial charge is 0.376 e. The molecule has 0 aromatic heterocycles. The van der Waals surface area contributed by atoms with E-state index in [4.69, 9.17) is 4.74 Å². The number of nitrogens with one attached hydrogen (secondary N) is 1. The third kappa shape index (κ3) is 2.54. The molecule has 1 saturated carbocycles. The highest BCUT2D eigenvalue weighted by atomic mass is 32.2. The monoisotopic (exact) mass is 242 g/mol. The minimum absolute atomic E-state index is 0.0962. The van der Waals surface area contributed by atoms with Gasteiger partial charge in [-0.1, -0.05) is 25.6 Å². The summed E-state index contributed by atoms with van der Waals surface area (Å²) in [6.45, 7) is 6.40. The number of hydrogen-bond acceptors (Lipinski definition) is 4. The normalized spacial score (nSPS) is 27.8. The van der Waals surface area contributed by atoms with Gasteiger partial charge in [0.25, 0.3) is 0 Å². The van der Waals surface area contributed by atoms with E-state index in [1.54, 1.807) is 0 Å². The van der Waals surface area contributed by atoms with E-state index in [0.29, 0.717) is 11.2 Å². The van der Waals surface area contributed by atoms with E-state index in [2.05, 4.69) is 24.2 Å². The molecule has 0 spiro atoms. The Kier molecular flexibility index (Phi) is 3.80. The molecule has 0 aromatic carbocycles. The molecule has 0 amide bonds. The highest BCUT2D eigenvalue weighted by Crippen LogP contribution is 2.35. The van der Waals surface area contributed by atoms with Crippen LogP contribution in [0.2, 0.25) is 0 Å². The summed E-state index contributed by atoms with van der Waals surface area (Å²) in [4.78, 5) is 4.55. The quantitative estimate of drug-likeness (QED) is 0.821. The number of nitrogens with zero attached hydrogens (tertiary/aromatic N) is 1. The predicted molar refractivity (Wildman–Crippen MR) is 70.1 cm³/mol. The summed E-state index contributed by atoms with van der Waals surface area (Å²) in [5.41, 5.74) is 0.0962. The van der Waals surface area contributed by atoms with Gasteiger partial charge >= 0.3 is 0 Å². The van der Waals surface area contributed by atoms with Crippen molar-refractivity contribution in [2.24, 2.45) is 10.9 Å². The van der Waals surface area contributed by atoms with E-state index in [0.717, 1.165) is 18.3 Å². The summed E-state index contributed by atoms with van der Waals surface area (Å²) in [7, 11) is 1.82. The summed E-state index contributed by atoms with van der Waals surface area (Å²) >= 11 is 1.89. The first kappa shape index (κ1) is 12.2. The van der Waals surface area contributed by atoms with E-state index < -0.39 is 0 Å². The van der Waals surface area contributed by atoms with Crippen molar-refractivity contribution in [2.45, 2.75) is 44.0 Å². The molecule has 1 heterocycles. The smallest absolute Gasteiger partial charge is 0.157 e. The van der Waals surface area contributed by atoms with Gasteiger partial charge in [-0.2, -0.15) is 0 Å². The highest BCUT2D eigenvalue weighted by Gasteiger charge is 2.37. The van der Waals surface area contributed by atoms with Crippen LogP contribution in [0.25, 0.3) is 0 Å².